The van der Waals surface area contributed by atoms with Gasteiger partial charge in [-0.2, -0.15) is 11.8 Å². The van der Waals surface area contributed by atoms with Crippen LogP contribution >= 0.6 is 11.8 Å². The maximum Gasteiger partial charge on any atom is 0.326 e. The van der Waals surface area contributed by atoms with Gasteiger partial charge in [0.2, 0.25) is 35.4 Å². The molecule has 0 spiro atoms. The van der Waals surface area contributed by atoms with Gasteiger partial charge in [-0.1, -0.05) is 26.8 Å². The third-order valence-electron chi connectivity index (χ3n) is 9.12. The Morgan fingerprint density at radius 2 is 1.69 bits per heavy atom. The number of nitrogens with one attached hydrogen (secondary N) is 7. The first kappa shape index (κ1) is 48.9. The number of hydrogen-bond donors (Lipinski definition) is 12. The van der Waals surface area contributed by atoms with Crippen molar-refractivity contribution in [1.82, 2.24) is 37.4 Å². The number of primary amides is 1. The first-order valence-corrected chi connectivity index (χ1v) is 19.6. The van der Waals surface area contributed by atoms with E-state index in [1.807, 2.05) is 13.2 Å². The zero-order chi connectivity index (χ0) is 41.7. The molecule has 0 aliphatic carbocycles. The van der Waals surface area contributed by atoms with E-state index < -0.39 is 103 Å². The molecule has 0 saturated carbocycles. The molecule has 312 valence electrons. The number of carbonyl (C=O) groups is 8. The fourth-order valence-electron chi connectivity index (χ4n) is 5.30. The van der Waals surface area contributed by atoms with Gasteiger partial charge in [-0.25, -0.2) is 15.6 Å². The van der Waals surface area contributed by atoms with Crippen LogP contribution in [0, 0.1) is 5.92 Å². The first-order valence-electron chi connectivity index (χ1n) is 18.2. The molecule has 0 radical (unpaired) electrons. The van der Waals surface area contributed by atoms with Gasteiger partial charge in [-0.05, 0) is 56.5 Å². The molecule has 4 unspecified atom stereocenters. The van der Waals surface area contributed by atoms with E-state index in [0.29, 0.717) is 25.0 Å². The smallest absolute Gasteiger partial charge is 0.326 e. The van der Waals surface area contributed by atoms with Crippen molar-refractivity contribution in [2.75, 3.05) is 31.8 Å². The Hall–Kier alpha value is -4.15. The first-order chi connectivity index (χ1) is 26.0. The SMILES string of the molecule is C=C1C(=O)[C@H](CO)NNC(C(=O)N[C@@H](CO)C(=O)NC(CCC(N)=O)C(=O)O)CCCCNC(=O)CCC(NC(=O)C(N)[C@@H](C)CC)C(=O)N[C@H]1CCSC. The van der Waals surface area contributed by atoms with E-state index in [0.717, 1.165) is 0 Å². The highest BCUT2D eigenvalue weighted by atomic mass is 32.2. The van der Waals surface area contributed by atoms with Crippen molar-refractivity contribution < 1.29 is 53.7 Å². The Kier molecular flexibility index (Phi) is 23.0. The predicted octanol–water partition coefficient (Wildman–Crippen LogP) is -3.58. The van der Waals surface area contributed by atoms with Crippen LogP contribution in [-0.2, 0) is 38.4 Å². The molecule has 0 aromatic heterocycles. The van der Waals surface area contributed by atoms with Crippen molar-refractivity contribution in [1.29, 1.82) is 0 Å². The normalized spacial score (nSPS) is 23.0. The van der Waals surface area contributed by atoms with Gasteiger partial charge in [0.15, 0.2) is 5.78 Å². The van der Waals surface area contributed by atoms with Crippen molar-refractivity contribution >= 4 is 59.0 Å². The highest BCUT2D eigenvalue weighted by molar-refractivity contribution is 7.98. The molecule has 14 N–H and O–H groups in total. The summed E-state index contributed by atoms with van der Waals surface area (Å²) in [5, 5.41) is 42.1. The Balaban J connectivity index is 3.31. The second-order valence-electron chi connectivity index (χ2n) is 13.3. The van der Waals surface area contributed by atoms with E-state index in [1.165, 1.54) is 11.8 Å². The number of rotatable bonds is 17. The largest absolute Gasteiger partial charge is 0.480 e. The second-order valence-corrected chi connectivity index (χ2v) is 14.3. The predicted molar refractivity (Wildman–Crippen MR) is 202 cm³/mol. The van der Waals surface area contributed by atoms with Gasteiger partial charge in [-0.3, -0.25) is 33.6 Å². The van der Waals surface area contributed by atoms with E-state index in [2.05, 4.69) is 44.0 Å². The summed E-state index contributed by atoms with van der Waals surface area (Å²) in [4.78, 5) is 102. The number of aliphatic hydroxyl groups excluding tert-OH is 2. The van der Waals surface area contributed by atoms with Crippen molar-refractivity contribution in [2.45, 2.75) is 114 Å². The minimum Gasteiger partial charge on any atom is -0.480 e. The van der Waals surface area contributed by atoms with Gasteiger partial charge in [0.1, 0.15) is 24.2 Å². The molecular formula is C34H59N9O11S. The van der Waals surface area contributed by atoms with Crippen LogP contribution in [0.3, 0.4) is 0 Å². The number of Topliss-reactive ketones (excluding diaryl/α,β-unsaturated/α-hetero) is 1. The molecule has 1 aliphatic rings. The number of aliphatic carboxylic acids is 1. The van der Waals surface area contributed by atoms with Gasteiger partial charge < -0.3 is 53.4 Å². The summed E-state index contributed by atoms with van der Waals surface area (Å²) in [7, 11) is 0. The average molecular weight is 802 g/mol. The minimum absolute atomic E-state index is 0.0507. The van der Waals surface area contributed by atoms with Crippen LogP contribution in [0.15, 0.2) is 12.2 Å². The van der Waals surface area contributed by atoms with Crippen molar-refractivity contribution in [3.05, 3.63) is 12.2 Å². The zero-order valence-electron chi connectivity index (χ0n) is 31.7. The number of hydrazine groups is 1. The molecule has 20 nitrogen and oxygen atoms in total. The molecule has 1 heterocycles. The summed E-state index contributed by atoms with van der Waals surface area (Å²) in [6.07, 6.45) is 2.45. The van der Waals surface area contributed by atoms with E-state index >= 15 is 0 Å². The number of nitrogens with two attached hydrogens (primary N) is 2. The fraction of sp³-hybridized carbons (Fsp3) is 0.706. The van der Waals surface area contributed by atoms with Crippen LogP contribution < -0.4 is 48.9 Å². The molecule has 8 atom stereocenters. The lowest BCUT2D eigenvalue weighted by Gasteiger charge is -2.28. The van der Waals surface area contributed by atoms with Crippen molar-refractivity contribution in [3.8, 4) is 0 Å². The molecule has 0 aromatic carbocycles. The van der Waals surface area contributed by atoms with E-state index in [9.17, 15) is 53.7 Å². The van der Waals surface area contributed by atoms with Gasteiger partial charge in [-0.15, -0.1) is 0 Å². The van der Waals surface area contributed by atoms with Crippen LogP contribution in [-0.4, -0.2) is 137 Å². The Morgan fingerprint density at radius 1 is 1.00 bits per heavy atom. The summed E-state index contributed by atoms with van der Waals surface area (Å²) in [6, 6.07) is -8.77. The monoisotopic (exact) mass is 801 g/mol. The number of carbonyl (C=O) groups excluding carboxylic acids is 7. The number of ketones is 1. The maximum absolute atomic E-state index is 13.7. The molecule has 21 heteroatoms. The molecule has 1 fully saturated rings. The van der Waals surface area contributed by atoms with Crippen LogP contribution in [0.4, 0.5) is 0 Å². The highest BCUT2D eigenvalue weighted by Crippen LogP contribution is 2.14. The fourth-order valence-corrected chi connectivity index (χ4v) is 5.77. The summed E-state index contributed by atoms with van der Waals surface area (Å²) in [5.74, 6) is -6.25. The molecular weight excluding hydrogens is 742 g/mol. The molecule has 55 heavy (non-hydrogen) atoms. The number of amides is 6. The molecule has 0 bridgehead atoms. The summed E-state index contributed by atoms with van der Waals surface area (Å²) in [6.45, 7) is 6.03. The van der Waals surface area contributed by atoms with Gasteiger partial charge >= 0.3 is 5.97 Å². The standard InChI is InChI=1S/C34H59N9O11S/c1-5-18(2)28(36)33(52)39-21-10-12-27(47)37-14-7-6-8-22(31(50)41-25(17-45)32(51)40-23(34(53)54)9-11-26(35)46)42-43-24(16-44)29(48)19(3)20(13-15-55-4)38-30(21)49/h18,20-25,28,42-45H,3,5-17,36H2,1-2,4H3,(H2,35,46)(H,37,47)(H,38,49)(H,39,52)(H,40,51)(H,41,50)(H,53,54)/t18-,20-,21?,22?,23?,24-,25-,28?/m0/s1. The molecule has 1 saturated heterocycles. The number of thioether (sulfide) groups is 1. The Morgan fingerprint density at radius 3 is 2.27 bits per heavy atom. The third kappa shape index (κ3) is 17.5. The van der Waals surface area contributed by atoms with E-state index in [1.54, 1.807) is 6.92 Å². The number of carboxylic acid groups (broad SMARTS) is 1. The lowest BCUT2D eigenvalue weighted by Crippen LogP contribution is -2.60. The minimum atomic E-state index is -1.62. The molecule has 0 aromatic rings. The van der Waals surface area contributed by atoms with Gasteiger partial charge in [0.25, 0.3) is 0 Å². The van der Waals surface area contributed by atoms with Gasteiger partial charge in [0.05, 0.1) is 31.3 Å². The quantitative estimate of drug-likeness (QED) is 0.0633. The maximum atomic E-state index is 13.7. The zero-order valence-corrected chi connectivity index (χ0v) is 32.5. The number of hydrogen-bond acceptors (Lipinski definition) is 14. The summed E-state index contributed by atoms with van der Waals surface area (Å²) < 4.78 is 0. The second kappa shape index (κ2) is 25.8. The molecule has 1 rings (SSSR count). The summed E-state index contributed by atoms with van der Waals surface area (Å²) >= 11 is 1.43. The van der Waals surface area contributed by atoms with Crippen LogP contribution in [0.25, 0.3) is 0 Å². The van der Waals surface area contributed by atoms with Crippen molar-refractivity contribution in [2.24, 2.45) is 17.4 Å². The number of carboxylic acids is 1. The van der Waals surface area contributed by atoms with E-state index in [-0.39, 0.29) is 56.6 Å². The Labute approximate surface area is 324 Å². The third-order valence-corrected chi connectivity index (χ3v) is 9.76. The van der Waals surface area contributed by atoms with Crippen LogP contribution in [0.2, 0.25) is 0 Å². The number of aliphatic hydroxyl groups is 2. The van der Waals surface area contributed by atoms with Gasteiger partial charge in [0, 0.05) is 25.0 Å². The Bertz CT molecular complexity index is 1360. The molecule has 6 amide bonds. The highest BCUT2D eigenvalue weighted by Gasteiger charge is 2.33. The topological polar surface area (TPSA) is 333 Å². The van der Waals surface area contributed by atoms with Crippen LogP contribution in [0.1, 0.15) is 71.6 Å². The van der Waals surface area contributed by atoms with E-state index in [4.69, 9.17) is 11.5 Å². The van der Waals surface area contributed by atoms with Crippen LogP contribution in [0.5, 0.6) is 0 Å². The average Bonchev–Trinajstić information content (AvgIpc) is 3.15. The lowest BCUT2D eigenvalue weighted by molar-refractivity contribution is -0.143. The lowest BCUT2D eigenvalue weighted by atomic mass is 9.96. The molecule has 1 aliphatic heterocycles. The van der Waals surface area contributed by atoms with Crippen molar-refractivity contribution in [3.63, 3.8) is 0 Å². The summed E-state index contributed by atoms with van der Waals surface area (Å²) in [5.41, 5.74) is 16.4.